The smallest absolute Gasteiger partial charge is 0.337 e. The lowest BCUT2D eigenvalue weighted by molar-refractivity contribution is 0.0696. The van der Waals surface area contributed by atoms with Gasteiger partial charge in [0.1, 0.15) is 0 Å². The van der Waals surface area contributed by atoms with Crippen LogP contribution in [0.4, 0.5) is 0 Å². The van der Waals surface area contributed by atoms with Crippen LogP contribution in [0.2, 0.25) is 0 Å². The summed E-state index contributed by atoms with van der Waals surface area (Å²) < 4.78 is 1.84. The van der Waals surface area contributed by atoms with Gasteiger partial charge in [0.05, 0.1) is 22.7 Å². The van der Waals surface area contributed by atoms with Crippen LogP contribution in [0.1, 0.15) is 16.1 Å². The first-order valence-corrected chi connectivity index (χ1v) is 6.11. The lowest BCUT2D eigenvalue weighted by Gasteiger charge is -2.08. The quantitative estimate of drug-likeness (QED) is 0.875. The van der Waals surface area contributed by atoms with Gasteiger partial charge in [-0.3, -0.25) is 0 Å². The number of aromatic carboxylic acids is 1. The first-order chi connectivity index (χ1) is 8.15. The van der Waals surface area contributed by atoms with Crippen molar-refractivity contribution in [2.24, 2.45) is 0 Å². The summed E-state index contributed by atoms with van der Waals surface area (Å²) in [6.45, 7) is 2.16. The highest BCUT2D eigenvalue weighted by atomic mass is 32.1. The maximum absolute atomic E-state index is 11.1. The summed E-state index contributed by atoms with van der Waals surface area (Å²) in [4.78, 5) is 12.1. The van der Waals surface area contributed by atoms with Crippen molar-refractivity contribution in [3.63, 3.8) is 0 Å². The molecule has 2 rings (SSSR count). The molecule has 2 heterocycles. The lowest BCUT2D eigenvalue weighted by atomic mass is 10.2. The van der Waals surface area contributed by atoms with Gasteiger partial charge in [-0.15, -0.1) is 11.3 Å². The molecule has 17 heavy (non-hydrogen) atoms. The molecule has 0 fully saturated rings. The molecule has 0 aliphatic carbocycles. The number of carboxylic acids is 1. The van der Waals surface area contributed by atoms with E-state index in [1.54, 1.807) is 24.3 Å². The number of aliphatic hydroxyl groups excluding tert-OH is 1. The highest BCUT2D eigenvalue weighted by molar-refractivity contribution is 7.13. The lowest BCUT2D eigenvalue weighted by Crippen LogP contribution is -2.07. The van der Waals surface area contributed by atoms with E-state index in [9.17, 15) is 4.79 Å². The average molecular weight is 251 g/mol. The van der Waals surface area contributed by atoms with E-state index in [0.29, 0.717) is 17.8 Å². The van der Waals surface area contributed by atoms with E-state index in [0.717, 1.165) is 10.6 Å². The van der Waals surface area contributed by atoms with E-state index in [2.05, 4.69) is 0 Å². The van der Waals surface area contributed by atoms with E-state index < -0.39 is 5.97 Å². The van der Waals surface area contributed by atoms with Crippen molar-refractivity contribution in [2.45, 2.75) is 13.5 Å². The Bertz CT molecular complexity index is 528. The van der Waals surface area contributed by atoms with Crippen molar-refractivity contribution in [1.82, 2.24) is 4.57 Å². The topological polar surface area (TPSA) is 62.5 Å². The van der Waals surface area contributed by atoms with Gasteiger partial charge >= 0.3 is 5.97 Å². The predicted octanol–water partition coefficient (Wildman–Crippen LogP) is 2.22. The molecule has 0 aliphatic heterocycles. The summed E-state index contributed by atoms with van der Waals surface area (Å²) in [5.41, 5.74) is 1.82. The molecule has 0 aliphatic rings. The molecule has 0 radical (unpaired) electrons. The monoisotopic (exact) mass is 251 g/mol. The molecule has 0 atom stereocenters. The number of carboxylic acid groups (broad SMARTS) is 1. The minimum Gasteiger partial charge on any atom is -0.478 e. The van der Waals surface area contributed by atoms with Crippen LogP contribution in [-0.4, -0.2) is 27.4 Å². The third-order valence-corrected chi connectivity index (χ3v) is 3.59. The van der Waals surface area contributed by atoms with Crippen LogP contribution in [0.25, 0.3) is 10.6 Å². The molecule has 5 heteroatoms. The molecule has 0 amide bonds. The fraction of sp³-hybridized carbons (Fsp3) is 0.250. The molecular formula is C12H13NO3S. The fourth-order valence-corrected chi connectivity index (χ4v) is 2.63. The molecule has 0 saturated heterocycles. The van der Waals surface area contributed by atoms with E-state index >= 15 is 0 Å². The van der Waals surface area contributed by atoms with E-state index in [4.69, 9.17) is 10.2 Å². The van der Waals surface area contributed by atoms with Crippen LogP contribution in [0, 0.1) is 6.92 Å². The Hall–Kier alpha value is -1.59. The predicted molar refractivity (Wildman–Crippen MR) is 66.5 cm³/mol. The number of nitrogens with zero attached hydrogens (tertiary/aromatic N) is 1. The van der Waals surface area contributed by atoms with Crippen LogP contribution in [-0.2, 0) is 6.54 Å². The minimum atomic E-state index is -0.933. The van der Waals surface area contributed by atoms with Gasteiger partial charge in [-0.2, -0.15) is 0 Å². The zero-order valence-electron chi connectivity index (χ0n) is 9.38. The molecule has 90 valence electrons. The van der Waals surface area contributed by atoms with E-state index in [-0.39, 0.29) is 6.61 Å². The number of hydrogen-bond acceptors (Lipinski definition) is 3. The maximum Gasteiger partial charge on any atom is 0.337 e. The second-order valence-electron chi connectivity index (χ2n) is 3.69. The van der Waals surface area contributed by atoms with Gasteiger partial charge in [0.2, 0.25) is 0 Å². The Labute approximate surface area is 103 Å². The van der Waals surface area contributed by atoms with Gasteiger partial charge in [0.15, 0.2) is 0 Å². The second kappa shape index (κ2) is 4.73. The van der Waals surface area contributed by atoms with Crippen LogP contribution in [0.5, 0.6) is 0 Å². The highest BCUT2D eigenvalue weighted by Gasteiger charge is 2.17. The van der Waals surface area contributed by atoms with Gasteiger partial charge in [-0.05, 0) is 24.4 Å². The number of hydrogen-bond donors (Lipinski definition) is 2. The van der Waals surface area contributed by atoms with Gasteiger partial charge in [0, 0.05) is 12.2 Å². The number of aromatic nitrogens is 1. The van der Waals surface area contributed by atoms with Crippen LogP contribution in [0.15, 0.2) is 23.6 Å². The van der Waals surface area contributed by atoms with Crippen molar-refractivity contribution >= 4 is 17.3 Å². The molecule has 0 bridgehead atoms. The van der Waals surface area contributed by atoms with Gasteiger partial charge in [0.25, 0.3) is 0 Å². The SMILES string of the molecule is Cc1c(C(=O)O)cc(-c2cccs2)n1CCO. The van der Waals surface area contributed by atoms with Crippen LogP contribution >= 0.6 is 11.3 Å². The standard InChI is InChI=1S/C12H13NO3S/c1-8-9(12(15)16)7-10(13(8)4-5-14)11-3-2-6-17-11/h2-3,6-7,14H,4-5H2,1H3,(H,15,16). The molecule has 0 spiro atoms. The highest BCUT2D eigenvalue weighted by Crippen LogP contribution is 2.29. The summed E-state index contributed by atoms with van der Waals surface area (Å²) in [5.74, 6) is -0.933. The Balaban J connectivity index is 2.57. The molecule has 0 aromatic carbocycles. The molecular weight excluding hydrogens is 238 g/mol. The summed E-state index contributed by atoms with van der Waals surface area (Å²) in [5, 5.41) is 20.1. The first kappa shape index (κ1) is 11.9. The second-order valence-corrected chi connectivity index (χ2v) is 4.63. The zero-order valence-corrected chi connectivity index (χ0v) is 10.2. The summed E-state index contributed by atoms with van der Waals surface area (Å²) in [7, 11) is 0. The zero-order chi connectivity index (χ0) is 12.4. The molecule has 0 saturated carbocycles. The van der Waals surface area contributed by atoms with Crippen molar-refractivity contribution < 1.29 is 15.0 Å². The molecule has 4 nitrogen and oxygen atoms in total. The van der Waals surface area contributed by atoms with Crippen LogP contribution in [0.3, 0.4) is 0 Å². The van der Waals surface area contributed by atoms with Gasteiger partial charge in [-0.1, -0.05) is 6.07 Å². The molecule has 2 aromatic heterocycles. The van der Waals surface area contributed by atoms with Gasteiger partial charge in [-0.25, -0.2) is 4.79 Å². The Kier molecular flexibility index (Phi) is 3.31. The van der Waals surface area contributed by atoms with Crippen LogP contribution < -0.4 is 0 Å². The van der Waals surface area contributed by atoms with Crippen molar-refractivity contribution in [1.29, 1.82) is 0 Å². The Morgan fingerprint density at radius 2 is 2.29 bits per heavy atom. The average Bonchev–Trinajstić information content (AvgIpc) is 2.88. The number of rotatable bonds is 4. The fourth-order valence-electron chi connectivity index (χ4n) is 1.88. The maximum atomic E-state index is 11.1. The summed E-state index contributed by atoms with van der Waals surface area (Å²) in [6, 6.07) is 5.53. The van der Waals surface area contributed by atoms with Crippen molar-refractivity contribution in [3.8, 4) is 10.6 Å². The summed E-state index contributed by atoms with van der Waals surface area (Å²) >= 11 is 1.55. The van der Waals surface area contributed by atoms with Gasteiger partial charge < -0.3 is 14.8 Å². The Morgan fingerprint density at radius 1 is 1.53 bits per heavy atom. The number of aliphatic hydroxyl groups is 1. The normalized spacial score (nSPS) is 10.7. The Morgan fingerprint density at radius 3 is 2.82 bits per heavy atom. The van der Waals surface area contributed by atoms with E-state index in [1.165, 1.54) is 0 Å². The number of carbonyl (C=O) groups is 1. The minimum absolute atomic E-state index is 0.00699. The summed E-state index contributed by atoms with van der Waals surface area (Å²) in [6.07, 6.45) is 0. The van der Waals surface area contributed by atoms with E-state index in [1.807, 2.05) is 22.1 Å². The van der Waals surface area contributed by atoms with Crippen molar-refractivity contribution in [3.05, 3.63) is 34.8 Å². The first-order valence-electron chi connectivity index (χ1n) is 5.23. The third kappa shape index (κ3) is 2.11. The van der Waals surface area contributed by atoms with Crippen molar-refractivity contribution in [2.75, 3.05) is 6.61 Å². The third-order valence-electron chi connectivity index (χ3n) is 2.69. The number of thiophene rings is 1. The molecule has 2 N–H and O–H groups in total. The molecule has 0 unspecified atom stereocenters. The largest absolute Gasteiger partial charge is 0.478 e. The molecule has 2 aromatic rings.